The van der Waals surface area contributed by atoms with E-state index >= 15 is 0 Å². The van der Waals surface area contributed by atoms with Crippen LogP contribution in [-0.2, 0) is 9.59 Å². The second kappa shape index (κ2) is 15.2. The molecule has 3 aliphatic heterocycles. The highest BCUT2D eigenvalue weighted by molar-refractivity contribution is 7.18. The van der Waals surface area contributed by atoms with Gasteiger partial charge in [-0.3, -0.25) is 24.8 Å². The lowest BCUT2D eigenvalue weighted by atomic mass is 9.91. The number of fused-ring (bicyclic) bond motifs is 1. The largest absolute Gasteiger partial charge is 0.369 e. The topological polar surface area (TPSA) is 184 Å². The quantitative estimate of drug-likeness (QED) is 0.206. The number of aromatic nitrogens is 6. The van der Waals surface area contributed by atoms with Crippen LogP contribution in [-0.4, -0.2) is 98.3 Å². The Morgan fingerprint density at radius 1 is 0.944 bits per heavy atom. The normalized spacial score (nSPS) is 19.0. The predicted molar refractivity (Wildman–Crippen MR) is 204 cm³/mol. The molecule has 3 fully saturated rings. The lowest BCUT2D eigenvalue weighted by Gasteiger charge is -2.39. The minimum atomic E-state index is -0.442. The first-order valence-electron chi connectivity index (χ1n) is 18.3. The Bertz CT molecular complexity index is 2260. The molecule has 3 aliphatic rings. The maximum absolute atomic E-state index is 12.3. The van der Waals surface area contributed by atoms with E-state index in [1.54, 1.807) is 29.9 Å². The molecule has 2 N–H and O–H groups in total. The molecule has 0 aliphatic carbocycles. The second-order valence-electron chi connectivity index (χ2n) is 14.1. The summed E-state index contributed by atoms with van der Waals surface area (Å²) in [5.74, 6) is 0.807. The number of hydrogen-bond donors (Lipinski definition) is 2. The van der Waals surface area contributed by atoms with Crippen molar-refractivity contribution in [1.82, 2.24) is 40.0 Å². The van der Waals surface area contributed by atoms with Gasteiger partial charge in [0, 0.05) is 70.3 Å². The average molecular weight is 742 g/mol. The highest BCUT2D eigenvalue weighted by atomic mass is 32.1. The van der Waals surface area contributed by atoms with Gasteiger partial charge in [0.15, 0.2) is 5.01 Å². The number of carbonyl (C=O) groups is 2. The van der Waals surface area contributed by atoms with Crippen molar-refractivity contribution in [1.29, 1.82) is 10.5 Å². The van der Waals surface area contributed by atoms with Crippen LogP contribution in [0, 0.1) is 28.6 Å². The third-order valence-electron chi connectivity index (χ3n) is 10.5. The summed E-state index contributed by atoms with van der Waals surface area (Å²) >= 11 is 1.52. The summed E-state index contributed by atoms with van der Waals surface area (Å²) in [4.78, 5) is 40.4. The molecule has 54 heavy (non-hydrogen) atoms. The Labute approximate surface area is 316 Å². The standard InChI is InChI=1S/C38H39N13O2S/c1-24(18-39)44-31-17-32(33-5-3-28-16-26(19-40)20-43-51(28)33)41-22-30(31)37-46-47-38(54-37)50-14-12-48(13-15-50)23-25-8-10-49(11-9-25)34-6-2-27(21-42-34)29-4-7-35(52)45-36(29)53/h2-3,5-6,16-17,20-22,24-25,29H,4,7-15,23H2,1H3,(H,41,44)(H,45,52,53)/t24-,29+/m1/s1. The Hall–Kier alpha value is -5.97. The molecule has 0 spiro atoms. The molecule has 2 atom stereocenters. The number of nitrogens with one attached hydrogen (secondary N) is 2. The van der Waals surface area contributed by atoms with E-state index in [9.17, 15) is 20.1 Å². The smallest absolute Gasteiger partial charge is 0.234 e. The first-order valence-corrected chi connectivity index (χ1v) is 19.1. The zero-order chi connectivity index (χ0) is 37.2. The van der Waals surface area contributed by atoms with Crippen molar-refractivity contribution in [2.75, 3.05) is 60.9 Å². The summed E-state index contributed by atoms with van der Waals surface area (Å²) < 4.78 is 1.75. The van der Waals surface area contributed by atoms with Gasteiger partial charge < -0.3 is 15.1 Å². The number of pyridine rings is 2. The van der Waals surface area contributed by atoms with E-state index < -0.39 is 6.04 Å². The number of amides is 2. The first kappa shape index (κ1) is 35.1. The van der Waals surface area contributed by atoms with E-state index in [4.69, 9.17) is 4.98 Å². The predicted octanol–water partition coefficient (Wildman–Crippen LogP) is 4.06. The summed E-state index contributed by atoms with van der Waals surface area (Å²) in [5.41, 5.74) is 5.08. The number of carbonyl (C=O) groups excluding carboxylic acids is 2. The van der Waals surface area contributed by atoms with Gasteiger partial charge in [-0.2, -0.15) is 15.6 Å². The van der Waals surface area contributed by atoms with Crippen LogP contribution in [0.1, 0.15) is 49.7 Å². The van der Waals surface area contributed by atoms with Gasteiger partial charge in [-0.1, -0.05) is 17.4 Å². The van der Waals surface area contributed by atoms with Crippen molar-refractivity contribution in [2.24, 2.45) is 5.92 Å². The number of nitriles is 2. The zero-order valence-corrected chi connectivity index (χ0v) is 30.7. The van der Waals surface area contributed by atoms with Crippen LogP contribution in [0.2, 0.25) is 0 Å². The molecule has 2 amide bonds. The van der Waals surface area contributed by atoms with Crippen LogP contribution >= 0.6 is 11.3 Å². The highest BCUT2D eigenvalue weighted by Gasteiger charge is 2.29. The first-order chi connectivity index (χ1) is 26.3. The summed E-state index contributed by atoms with van der Waals surface area (Å²) in [5, 5.41) is 39.7. The molecule has 3 saturated heterocycles. The number of nitrogens with zero attached hydrogens (tertiary/aromatic N) is 11. The van der Waals surface area contributed by atoms with Crippen molar-refractivity contribution < 1.29 is 9.59 Å². The van der Waals surface area contributed by atoms with Gasteiger partial charge in [-0.15, -0.1) is 10.2 Å². The minimum absolute atomic E-state index is 0.205. The molecule has 274 valence electrons. The van der Waals surface area contributed by atoms with Crippen molar-refractivity contribution in [2.45, 2.75) is 44.6 Å². The molecule has 16 heteroatoms. The van der Waals surface area contributed by atoms with Crippen LogP contribution in [0.3, 0.4) is 0 Å². The fraction of sp³-hybridized carbons (Fsp3) is 0.395. The monoisotopic (exact) mass is 741 g/mol. The number of hydrogen-bond acceptors (Lipinski definition) is 14. The Balaban J connectivity index is 0.862. The fourth-order valence-electron chi connectivity index (χ4n) is 7.49. The molecule has 0 saturated carbocycles. The van der Waals surface area contributed by atoms with Crippen LogP contribution in [0.15, 0.2) is 55.0 Å². The molecule has 5 aromatic rings. The summed E-state index contributed by atoms with van der Waals surface area (Å²) in [6, 6.07) is 15.4. The van der Waals surface area contributed by atoms with Crippen molar-refractivity contribution in [3.63, 3.8) is 0 Å². The Kier molecular flexibility index (Phi) is 9.86. The third kappa shape index (κ3) is 7.31. The maximum atomic E-state index is 12.3. The number of piperidine rings is 2. The van der Waals surface area contributed by atoms with Gasteiger partial charge >= 0.3 is 0 Å². The summed E-state index contributed by atoms with van der Waals surface area (Å²) in [6.45, 7) is 8.42. The molecular formula is C38H39N13O2S. The van der Waals surface area contributed by atoms with Crippen molar-refractivity contribution in [3.05, 3.63) is 66.1 Å². The lowest BCUT2D eigenvalue weighted by Crippen LogP contribution is -2.49. The van der Waals surface area contributed by atoms with Gasteiger partial charge in [0.2, 0.25) is 16.9 Å². The van der Waals surface area contributed by atoms with Crippen LogP contribution in [0.25, 0.3) is 27.5 Å². The van der Waals surface area contributed by atoms with Crippen molar-refractivity contribution >= 4 is 45.3 Å². The molecule has 8 heterocycles. The van der Waals surface area contributed by atoms with E-state index in [1.165, 1.54) is 17.5 Å². The number of piperazine rings is 1. The van der Waals surface area contributed by atoms with Crippen molar-refractivity contribution in [3.8, 4) is 34.1 Å². The summed E-state index contributed by atoms with van der Waals surface area (Å²) in [6.07, 6.45) is 8.18. The Morgan fingerprint density at radius 3 is 2.52 bits per heavy atom. The maximum Gasteiger partial charge on any atom is 0.234 e. The van der Waals surface area contributed by atoms with Gasteiger partial charge in [-0.25, -0.2) is 9.50 Å². The van der Waals surface area contributed by atoms with E-state index in [1.807, 2.05) is 30.3 Å². The number of anilines is 3. The van der Waals surface area contributed by atoms with Crippen LogP contribution in [0.5, 0.6) is 0 Å². The Morgan fingerprint density at radius 2 is 1.78 bits per heavy atom. The van der Waals surface area contributed by atoms with E-state index in [-0.39, 0.29) is 17.7 Å². The van der Waals surface area contributed by atoms with Gasteiger partial charge in [-0.05, 0) is 68.0 Å². The van der Waals surface area contributed by atoms with E-state index in [2.05, 4.69) is 57.8 Å². The summed E-state index contributed by atoms with van der Waals surface area (Å²) in [7, 11) is 0. The molecule has 15 nitrogen and oxygen atoms in total. The minimum Gasteiger partial charge on any atom is -0.369 e. The van der Waals surface area contributed by atoms with Gasteiger partial charge in [0.25, 0.3) is 0 Å². The molecular weight excluding hydrogens is 703 g/mol. The van der Waals surface area contributed by atoms with E-state index in [0.29, 0.717) is 30.0 Å². The van der Waals surface area contributed by atoms with E-state index in [0.717, 1.165) is 103 Å². The molecule has 0 radical (unpaired) electrons. The molecule has 0 bridgehead atoms. The number of imide groups is 1. The highest BCUT2D eigenvalue weighted by Crippen LogP contribution is 2.36. The number of rotatable bonds is 9. The fourth-order valence-corrected chi connectivity index (χ4v) is 8.41. The molecule has 8 rings (SSSR count). The second-order valence-corrected chi connectivity index (χ2v) is 15.0. The average Bonchev–Trinajstić information content (AvgIpc) is 3.86. The van der Waals surface area contributed by atoms with Gasteiger partial charge in [0.1, 0.15) is 17.9 Å². The molecule has 5 aromatic heterocycles. The zero-order valence-electron chi connectivity index (χ0n) is 29.9. The van der Waals surface area contributed by atoms with Crippen LogP contribution in [0.4, 0.5) is 16.6 Å². The van der Waals surface area contributed by atoms with Crippen LogP contribution < -0.4 is 20.4 Å². The lowest BCUT2D eigenvalue weighted by molar-refractivity contribution is -0.134. The van der Waals surface area contributed by atoms with Gasteiger partial charge in [0.05, 0.1) is 46.2 Å². The SMILES string of the molecule is C[C@H](C#N)Nc1cc(-c2ccc3cc(C#N)cnn23)ncc1-c1nnc(N2CCN(CC3CCN(c4ccc([C@@H]5CCC(=O)NC5=O)cn4)CC3)CC2)s1. The molecule has 0 unspecified atom stereocenters. The third-order valence-corrected chi connectivity index (χ3v) is 11.5. The molecule has 0 aromatic carbocycles.